The molecule has 0 spiro atoms. The van der Waals surface area contributed by atoms with Gasteiger partial charge in [-0.1, -0.05) is 6.92 Å². The van der Waals surface area contributed by atoms with E-state index >= 15 is 0 Å². The van der Waals surface area contributed by atoms with E-state index in [1.165, 1.54) is 31.2 Å². The Morgan fingerprint density at radius 3 is 2.15 bits per heavy atom. The van der Waals surface area contributed by atoms with Crippen molar-refractivity contribution in [3.05, 3.63) is 53.1 Å². The van der Waals surface area contributed by atoms with Crippen LogP contribution in [0.1, 0.15) is 17.3 Å². The van der Waals surface area contributed by atoms with Crippen LogP contribution in [0.4, 0.5) is 5.69 Å². The molecule has 0 heterocycles. The van der Waals surface area contributed by atoms with Crippen molar-refractivity contribution >= 4 is 29.4 Å². The van der Waals surface area contributed by atoms with Crippen LogP contribution < -0.4 is 5.73 Å². The molecular formula is C18H17NO7. The van der Waals surface area contributed by atoms with Gasteiger partial charge >= 0.3 is 17.9 Å². The molecular weight excluding hydrogens is 342 g/mol. The number of rotatable bonds is 5. The monoisotopic (exact) mass is 359 g/mol. The molecule has 26 heavy (non-hydrogen) atoms. The zero-order valence-corrected chi connectivity index (χ0v) is 14.1. The number of ketones is 1. The van der Waals surface area contributed by atoms with Gasteiger partial charge in [0, 0.05) is 28.3 Å². The van der Waals surface area contributed by atoms with Gasteiger partial charge in [-0.15, -0.1) is 0 Å². The van der Waals surface area contributed by atoms with Crippen molar-refractivity contribution in [3.8, 4) is 0 Å². The lowest BCUT2D eigenvalue weighted by molar-refractivity contribution is -0.165. The summed E-state index contributed by atoms with van der Waals surface area (Å²) in [6, 6.07) is 5.80. The van der Waals surface area contributed by atoms with E-state index in [9.17, 15) is 29.4 Å². The third-order valence-electron chi connectivity index (χ3n) is 4.40. The number of benzene rings is 1. The van der Waals surface area contributed by atoms with Crippen LogP contribution in [0.3, 0.4) is 0 Å². The molecule has 0 saturated heterocycles. The van der Waals surface area contributed by atoms with E-state index in [2.05, 4.69) is 4.74 Å². The highest BCUT2D eigenvalue weighted by Gasteiger charge is 2.54. The van der Waals surface area contributed by atoms with E-state index in [4.69, 9.17) is 5.73 Å². The summed E-state index contributed by atoms with van der Waals surface area (Å²) in [4.78, 5) is 48.5. The van der Waals surface area contributed by atoms with Crippen LogP contribution in [0.5, 0.6) is 0 Å². The number of esters is 1. The largest absolute Gasteiger partial charge is 0.480 e. The second-order valence-corrected chi connectivity index (χ2v) is 5.84. The molecule has 8 nitrogen and oxygen atoms in total. The maximum atomic E-state index is 12.7. The van der Waals surface area contributed by atoms with E-state index in [0.29, 0.717) is 5.69 Å². The molecule has 0 aliphatic heterocycles. The van der Waals surface area contributed by atoms with Crippen LogP contribution in [-0.2, 0) is 19.1 Å². The molecule has 8 heteroatoms. The van der Waals surface area contributed by atoms with E-state index in [1.54, 1.807) is 0 Å². The number of hydrogen-bond donors (Lipinski definition) is 3. The fraction of sp³-hybridized carbons (Fsp3) is 0.222. The number of carboxylic acid groups (broad SMARTS) is 2. The quantitative estimate of drug-likeness (QED) is 0.309. The Morgan fingerprint density at radius 2 is 1.69 bits per heavy atom. The van der Waals surface area contributed by atoms with Gasteiger partial charge in [0.2, 0.25) is 0 Å². The molecule has 2 unspecified atom stereocenters. The topological polar surface area (TPSA) is 144 Å². The molecule has 0 fully saturated rings. The lowest BCUT2D eigenvalue weighted by atomic mass is 9.67. The van der Waals surface area contributed by atoms with Gasteiger partial charge in [0.25, 0.3) is 0 Å². The Bertz CT molecular complexity index is 851. The number of carbonyl (C=O) groups is 4. The summed E-state index contributed by atoms with van der Waals surface area (Å²) in [5.41, 5.74) is 3.24. The Balaban J connectivity index is 2.68. The normalized spacial score (nSPS) is 22.0. The molecule has 4 N–H and O–H groups in total. The highest BCUT2D eigenvalue weighted by molar-refractivity contribution is 6.15. The van der Waals surface area contributed by atoms with Gasteiger partial charge in [-0.2, -0.15) is 0 Å². The first kappa shape index (κ1) is 18.9. The van der Waals surface area contributed by atoms with Crippen LogP contribution in [0.15, 0.2) is 47.6 Å². The number of ether oxygens (including phenoxy) is 1. The third-order valence-corrected chi connectivity index (χ3v) is 4.40. The molecule has 0 amide bonds. The number of anilines is 1. The first-order valence-electron chi connectivity index (χ1n) is 7.55. The van der Waals surface area contributed by atoms with Gasteiger partial charge in [-0.05, 0) is 36.4 Å². The fourth-order valence-corrected chi connectivity index (χ4v) is 2.87. The van der Waals surface area contributed by atoms with E-state index in [1.807, 2.05) is 0 Å². The Labute approximate surface area is 148 Å². The average Bonchev–Trinajstić information content (AvgIpc) is 2.60. The van der Waals surface area contributed by atoms with Gasteiger partial charge in [-0.25, -0.2) is 4.79 Å². The van der Waals surface area contributed by atoms with Crippen molar-refractivity contribution in [2.24, 2.45) is 11.3 Å². The van der Waals surface area contributed by atoms with Gasteiger partial charge in [-0.3, -0.25) is 14.4 Å². The number of methoxy groups -OCH3 is 1. The zero-order valence-electron chi connectivity index (χ0n) is 14.1. The maximum Gasteiger partial charge on any atom is 0.331 e. The molecule has 0 radical (unpaired) electrons. The predicted octanol–water partition coefficient (Wildman–Crippen LogP) is 1.28. The number of hydrogen-bond acceptors (Lipinski definition) is 6. The lowest BCUT2D eigenvalue weighted by Gasteiger charge is -2.33. The minimum absolute atomic E-state index is 0.171. The SMILES string of the molecule is COC(=O)C1(C(=O)O)C=C(C(=O)c2ccc(N)cc2)C=C(C(=O)O)C1C. The van der Waals surface area contributed by atoms with Crippen LogP contribution >= 0.6 is 0 Å². The van der Waals surface area contributed by atoms with E-state index in [-0.39, 0.29) is 16.7 Å². The van der Waals surface area contributed by atoms with Crippen molar-refractivity contribution in [2.75, 3.05) is 12.8 Å². The first-order valence-corrected chi connectivity index (χ1v) is 7.55. The van der Waals surface area contributed by atoms with Gasteiger partial charge in [0.05, 0.1) is 7.11 Å². The number of carbonyl (C=O) groups excluding carboxylic acids is 2. The molecule has 1 aliphatic carbocycles. The van der Waals surface area contributed by atoms with Gasteiger partial charge in [0.15, 0.2) is 11.2 Å². The number of Topliss-reactive ketones (excluding diaryl/α,β-unsaturated/α-hetero) is 1. The Kier molecular flexibility index (Phi) is 4.97. The molecule has 1 aromatic rings. The van der Waals surface area contributed by atoms with Gasteiger partial charge in [0.1, 0.15) is 0 Å². The summed E-state index contributed by atoms with van der Waals surface area (Å²) >= 11 is 0. The molecule has 0 saturated carbocycles. The number of nitrogens with two attached hydrogens (primary N) is 1. The number of aliphatic carboxylic acids is 2. The molecule has 0 bridgehead atoms. The molecule has 136 valence electrons. The first-order chi connectivity index (χ1) is 12.1. The summed E-state index contributed by atoms with van der Waals surface area (Å²) in [5, 5.41) is 19.1. The van der Waals surface area contributed by atoms with Crippen molar-refractivity contribution in [2.45, 2.75) is 6.92 Å². The van der Waals surface area contributed by atoms with Gasteiger partial charge < -0.3 is 20.7 Å². The maximum absolute atomic E-state index is 12.7. The molecule has 0 aromatic heterocycles. The number of carboxylic acids is 2. The smallest absolute Gasteiger partial charge is 0.331 e. The van der Waals surface area contributed by atoms with Crippen LogP contribution in [0, 0.1) is 11.3 Å². The third kappa shape index (κ3) is 2.97. The molecule has 1 aromatic carbocycles. The highest BCUT2D eigenvalue weighted by Crippen LogP contribution is 2.42. The molecule has 2 rings (SSSR count). The number of allylic oxidation sites excluding steroid dienone is 2. The zero-order chi connectivity index (χ0) is 19.6. The van der Waals surface area contributed by atoms with Crippen molar-refractivity contribution in [3.63, 3.8) is 0 Å². The minimum atomic E-state index is -2.32. The summed E-state index contributed by atoms with van der Waals surface area (Å²) < 4.78 is 4.59. The van der Waals surface area contributed by atoms with Crippen LogP contribution in [0.25, 0.3) is 0 Å². The standard InChI is InChI=1S/C18H17NO7/c1-9-13(15(21)22)7-11(8-18(9,16(23)24)17(25)26-2)14(20)10-3-5-12(19)6-4-10/h3-9H,19H2,1-2H3,(H,21,22)(H,23,24). The second kappa shape index (κ2) is 6.83. The molecule has 1 aliphatic rings. The summed E-state index contributed by atoms with van der Waals surface area (Å²) in [5.74, 6) is -6.07. The van der Waals surface area contributed by atoms with Crippen LogP contribution in [-0.4, -0.2) is 41.0 Å². The minimum Gasteiger partial charge on any atom is -0.480 e. The summed E-state index contributed by atoms with van der Waals surface area (Å²) in [6.07, 6.45) is 2.03. The Hall–Kier alpha value is -3.42. The van der Waals surface area contributed by atoms with Crippen molar-refractivity contribution in [1.82, 2.24) is 0 Å². The summed E-state index contributed by atoms with van der Waals surface area (Å²) in [7, 11) is 0.994. The van der Waals surface area contributed by atoms with E-state index < -0.39 is 35.0 Å². The van der Waals surface area contributed by atoms with E-state index in [0.717, 1.165) is 19.3 Å². The fourth-order valence-electron chi connectivity index (χ4n) is 2.87. The van der Waals surface area contributed by atoms with Crippen molar-refractivity contribution in [1.29, 1.82) is 0 Å². The second-order valence-electron chi connectivity index (χ2n) is 5.84. The number of nitrogen functional groups attached to an aromatic ring is 1. The average molecular weight is 359 g/mol. The predicted molar refractivity (Wildman–Crippen MR) is 90.2 cm³/mol. The lowest BCUT2D eigenvalue weighted by Crippen LogP contribution is -2.47. The summed E-state index contributed by atoms with van der Waals surface area (Å²) in [6.45, 7) is 1.28. The van der Waals surface area contributed by atoms with Crippen LogP contribution in [0.2, 0.25) is 0 Å². The van der Waals surface area contributed by atoms with Crippen molar-refractivity contribution < 1.29 is 34.1 Å². The highest BCUT2D eigenvalue weighted by atomic mass is 16.5. The Morgan fingerprint density at radius 1 is 1.12 bits per heavy atom. The molecule has 2 atom stereocenters.